The summed E-state index contributed by atoms with van der Waals surface area (Å²) in [5, 5.41) is 5.57. The first-order chi connectivity index (χ1) is 12.5. The Hall–Kier alpha value is -2.63. The zero-order valence-electron chi connectivity index (χ0n) is 13.9. The number of fused-ring (bicyclic) bond motifs is 1. The molecule has 3 heterocycles. The van der Waals surface area contributed by atoms with Crippen molar-refractivity contribution < 1.29 is 0 Å². The van der Waals surface area contributed by atoms with Gasteiger partial charge in [0.25, 0.3) is 5.56 Å². The van der Waals surface area contributed by atoms with Gasteiger partial charge in [0.1, 0.15) is 5.65 Å². The Balaban J connectivity index is 1.94. The lowest BCUT2D eigenvalue weighted by Gasteiger charge is -2.08. The van der Waals surface area contributed by atoms with E-state index in [1.807, 2.05) is 41.7 Å². The predicted molar refractivity (Wildman–Crippen MR) is 103 cm³/mol. The van der Waals surface area contributed by atoms with E-state index < -0.39 is 0 Å². The van der Waals surface area contributed by atoms with Crippen molar-refractivity contribution in [2.45, 2.75) is 13.5 Å². The topological polar surface area (TPSA) is 52.2 Å². The molecule has 0 spiro atoms. The number of pyridine rings is 1. The van der Waals surface area contributed by atoms with Crippen molar-refractivity contribution in [3.8, 4) is 11.3 Å². The summed E-state index contributed by atoms with van der Waals surface area (Å²) >= 11 is 12.2. The van der Waals surface area contributed by atoms with Crippen molar-refractivity contribution in [3.05, 3.63) is 86.5 Å². The van der Waals surface area contributed by atoms with Gasteiger partial charge in [-0.25, -0.2) is 9.67 Å². The lowest BCUT2D eigenvalue weighted by Crippen LogP contribution is -2.23. The van der Waals surface area contributed by atoms with E-state index in [2.05, 4.69) is 5.10 Å². The van der Waals surface area contributed by atoms with Gasteiger partial charge in [-0.3, -0.25) is 9.20 Å². The van der Waals surface area contributed by atoms with Crippen LogP contribution < -0.4 is 5.56 Å². The van der Waals surface area contributed by atoms with E-state index in [0.29, 0.717) is 10.0 Å². The molecular formula is C19H14Cl2N4O. The van der Waals surface area contributed by atoms with E-state index in [1.54, 1.807) is 18.3 Å². The largest absolute Gasteiger partial charge is 0.300 e. The van der Waals surface area contributed by atoms with Crippen molar-refractivity contribution >= 4 is 28.8 Å². The van der Waals surface area contributed by atoms with Gasteiger partial charge in [0.2, 0.25) is 0 Å². The first-order valence-corrected chi connectivity index (χ1v) is 8.74. The molecule has 4 aromatic rings. The normalized spacial score (nSPS) is 11.2. The van der Waals surface area contributed by atoms with Crippen molar-refractivity contribution in [3.63, 3.8) is 0 Å². The maximum Gasteiger partial charge on any atom is 0.267 e. The quantitative estimate of drug-likeness (QED) is 0.531. The van der Waals surface area contributed by atoms with Gasteiger partial charge < -0.3 is 0 Å². The van der Waals surface area contributed by atoms with Crippen LogP contribution in [0.25, 0.3) is 16.9 Å². The highest BCUT2D eigenvalue weighted by Gasteiger charge is 2.16. The molecule has 0 saturated carbocycles. The van der Waals surface area contributed by atoms with Gasteiger partial charge in [0, 0.05) is 22.8 Å². The Bertz CT molecular complexity index is 1160. The molecule has 7 heteroatoms. The summed E-state index contributed by atoms with van der Waals surface area (Å²) in [4.78, 5) is 16.9. The van der Waals surface area contributed by atoms with Crippen molar-refractivity contribution in [1.82, 2.24) is 19.2 Å². The number of hydrogen-bond donors (Lipinski definition) is 0. The molecular weight excluding hydrogens is 371 g/mol. The minimum Gasteiger partial charge on any atom is -0.300 e. The summed E-state index contributed by atoms with van der Waals surface area (Å²) in [6, 6.07) is 14.3. The zero-order valence-corrected chi connectivity index (χ0v) is 15.4. The summed E-state index contributed by atoms with van der Waals surface area (Å²) in [5.41, 5.74) is 3.84. The molecule has 0 fully saturated rings. The highest BCUT2D eigenvalue weighted by Crippen LogP contribution is 2.27. The molecule has 0 aliphatic rings. The van der Waals surface area contributed by atoms with Crippen molar-refractivity contribution in [1.29, 1.82) is 0 Å². The number of imidazole rings is 1. The Labute approximate surface area is 159 Å². The number of rotatable bonds is 3. The number of aryl methyl sites for hydroxylation is 1. The van der Waals surface area contributed by atoms with Crippen molar-refractivity contribution in [2.75, 3.05) is 0 Å². The maximum absolute atomic E-state index is 12.2. The lowest BCUT2D eigenvalue weighted by atomic mass is 10.1. The third-order valence-corrected chi connectivity index (χ3v) is 4.57. The molecule has 0 radical (unpaired) electrons. The Kier molecular flexibility index (Phi) is 4.26. The molecule has 0 N–H and O–H groups in total. The van der Waals surface area contributed by atoms with E-state index in [-0.39, 0.29) is 12.1 Å². The second-order valence-electron chi connectivity index (χ2n) is 5.96. The van der Waals surface area contributed by atoms with Crippen molar-refractivity contribution in [2.24, 2.45) is 0 Å². The van der Waals surface area contributed by atoms with Gasteiger partial charge in [0.15, 0.2) is 0 Å². The Morgan fingerprint density at radius 2 is 1.69 bits per heavy atom. The third-order valence-electron chi connectivity index (χ3n) is 4.10. The van der Waals surface area contributed by atoms with Gasteiger partial charge in [0.05, 0.1) is 28.6 Å². The molecule has 1 aromatic carbocycles. The van der Waals surface area contributed by atoms with E-state index in [9.17, 15) is 4.79 Å². The Morgan fingerprint density at radius 1 is 0.962 bits per heavy atom. The van der Waals surface area contributed by atoms with E-state index >= 15 is 0 Å². The average molecular weight is 385 g/mol. The van der Waals surface area contributed by atoms with Crippen LogP contribution in [0.1, 0.15) is 11.4 Å². The number of nitrogens with zero attached hydrogens (tertiary/aromatic N) is 4. The zero-order chi connectivity index (χ0) is 18.3. The molecule has 0 atom stereocenters. The maximum atomic E-state index is 12.2. The molecule has 0 aliphatic heterocycles. The van der Waals surface area contributed by atoms with Gasteiger partial charge in [-0.1, -0.05) is 35.3 Å². The first-order valence-electron chi connectivity index (χ1n) is 7.98. The minimum atomic E-state index is -0.172. The van der Waals surface area contributed by atoms with Crippen LogP contribution in [-0.4, -0.2) is 19.2 Å². The highest BCUT2D eigenvalue weighted by molar-refractivity contribution is 6.30. The lowest BCUT2D eigenvalue weighted by molar-refractivity contribution is 0.616. The fourth-order valence-corrected chi connectivity index (χ4v) is 3.15. The summed E-state index contributed by atoms with van der Waals surface area (Å²) in [6.07, 6.45) is 1.79. The monoisotopic (exact) mass is 384 g/mol. The van der Waals surface area contributed by atoms with Crippen LogP contribution >= 0.6 is 23.2 Å². The molecule has 4 rings (SSSR count). The standard InChI is InChI=1S/C19H14Cl2N4O/c1-12-2-9-18(26)25(23-12)11-16-19(13-3-5-14(20)6-4-13)22-17-8-7-15(21)10-24(16)17/h2-10H,11H2,1H3. The highest BCUT2D eigenvalue weighted by atomic mass is 35.5. The van der Waals surface area contributed by atoms with Gasteiger partial charge >= 0.3 is 0 Å². The van der Waals surface area contributed by atoms with E-state index in [0.717, 1.165) is 28.3 Å². The minimum absolute atomic E-state index is 0.172. The molecule has 0 aliphatic carbocycles. The fourth-order valence-electron chi connectivity index (χ4n) is 2.86. The second-order valence-corrected chi connectivity index (χ2v) is 6.83. The number of halogens is 2. The smallest absolute Gasteiger partial charge is 0.267 e. The molecule has 0 unspecified atom stereocenters. The summed E-state index contributed by atoms with van der Waals surface area (Å²) in [5.74, 6) is 0. The van der Waals surface area contributed by atoms with Gasteiger partial charge in [-0.2, -0.15) is 5.10 Å². The Morgan fingerprint density at radius 3 is 2.46 bits per heavy atom. The molecule has 26 heavy (non-hydrogen) atoms. The third kappa shape index (κ3) is 3.11. The molecule has 3 aromatic heterocycles. The van der Waals surface area contributed by atoms with Gasteiger partial charge in [-0.15, -0.1) is 0 Å². The molecule has 0 amide bonds. The summed E-state index contributed by atoms with van der Waals surface area (Å²) < 4.78 is 3.32. The van der Waals surface area contributed by atoms with E-state index in [4.69, 9.17) is 28.2 Å². The average Bonchev–Trinajstić information content (AvgIpc) is 2.97. The predicted octanol–water partition coefficient (Wildman–Crippen LogP) is 4.22. The molecule has 0 bridgehead atoms. The van der Waals surface area contributed by atoms with E-state index in [1.165, 1.54) is 10.7 Å². The SMILES string of the molecule is Cc1ccc(=O)n(Cc2c(-c3ccc(Cl)cc3)nc3ccc(Cl)cn23)n1. The number of hydrogen-bond acceptors (Lipinski definition) is 3. The number of benzene rings is 1. The molecule has 130 valence electrons. The van der Waals surface area contributed by atoms with Crippen LogP contribution in [0.4, 0.5) is 0 Å². The molecule has 5 nitrogen and oxygen atoms in total. The first kappa shape index (κ1) is 16.8. The second kappa shape index (κ2) is 6.59. The fraction of sp³-hybridized carbons (Fsp3) is 0.105. The molecule has 0 saturated heterocycles. The summed E-state index contributed by atoms with van der Waals surface area (Å²) in [6.45, 7) is 2.13. The number of aromatic nitrogens is 4. The van der Waals surface area contributed by atoms with Crippen LogP contribution in [0.15, 0.2) is 59.5 Å². The van der Waals surface area contributed by atoms with Gasteiger partial charge in [-0.05, 0) is 37.3 Å². The van der Waals surface area contributed by atoms with Crippen LogP contribution in [0, 0.1) is 6.92 Å². The van der Waals surface area contributed by atoms with Crippen LogP contribution in [0.3, 0.4) is 0 Å². The van der Waals surface area contributed by atoms with Crippen LogP contribution in [-0.2, 0) is 6.54 Å². The van der Waals surface area contributed by atoms with Crippen LogP contribution in [0.5, 0.6) is 0 Å². The van der Waals surface area contributed by atoms with Crippen LogP contribution in [0.2, 0.25) is 10.0 Å². The summed E-state index contributed by atoms with van der Waals surface area (Å²) in [7, 11) is 0.